The summed E-state index contributed by atoms with van der Waals surface area (Å²) in [6.07, 6.45) is -2.39. The van der Waals surface area contributed by atoms with Crippen molar-refractivity contribution >= 4 is 5.91 Å². The van der Waals surface area contributed by atoms with Crippen molar-refractivity contribution in [3.05, 3.63) is 40.9 Å². The molecule has 1 amide bonds. The summed E-state index contributed by atoms with van der Waals surface area (Å²) < 4.78 is 43.5. The van der Waals surface area contributed by atoms with Gasteiger partial charge in [-0.2, -0.15) is 13.2 Å². The highest BCUT2D eigenvalue weighted by atomic mass is 19.4. The van der Waals surface area contributed by atoms with E-state index in [0.29, 0.717) is 30.7 Å². The van der Waals surface area contributed by atoms with Gasteiger partial charge in [0.1, 0.15) is 23.9 Å². The second-order valence-electron chi connectivity index (χ2n) is 6.15. The lowest BCUT2D eigenvalue weighted by Gasteiger charge is -2.31. The molecule has 0 saturated carbocycles. The quantitative estimate of drug-likeness (QED) is 0.885. The Morgan fingerprint density at radius 2 is 2.28 bits per heavy atom. The number of alkyl halides is 3. The number of nitrogens with one attached hydrogen (secondary N) is 1. The molecule has 2 N–H and O–H groups in total. The van der Waals surface area contributed by atoms with Crippen LogP contribution >= 0.6 is 0 Å². The number of amides is 1. The van der Waals surface area contributed by atoms with Crippen LogP contribution in [0.3, 0.4) is 0 Å². The monoisotopic (exact) mass is 357 g/mol. The Balaban J connectivity index is 1.75. The molecule has 3 heterocycles. The molecule has 2 aromatic heterocycles. The van der Waals surface area contributed by atoms with Crippen LogP contribution < -0.4 is 0 Å². The number of imidazole rings is 1. The van der Waals surface area contributed by atoms with Crippen LogP contribution in [0.1, 0.15) is 52.2 Å². The van der Waals surface area contributed by atoms with Crippen LogP contribution in [0.5, 0.6) is 0 Å². The summed E-state index contributed by atoms with van der Waals surface area (Å²) in [4.78, 5) is 20.3. The zero-order valence-corrected chi connectivity index (χ0v) is 13.6. The van der Waals surface area contributed by atoms with Crippen LogP contribution in [-0.4, -0.2) is 39.0 Å². The van der Waals surface area contributed by atoms with Gasteiger partial charge >= 0.3 is 6.18 Å². The van der Waals surface area contributed by atoms with Crippen LogP contribution in [0.25, 0.3) is 0 Å². The van der Waals surface area contributed by atoms with Crippen molar-refractivity contribution in [2.45, 2.75) is 38.5 Å². The maximum Gasteiger partial charge on any atom is 0.432 e. The molecule has 9 heteroatoms. The van der Waals surface area contributed by atoms with Crippen molar-refractivity contribution in [3.8, 4) is 0 Å². The van der Waals surface area contributed by atoms with E-state index in [9.17, 15) is 18.0 Å². The number of hydrogen-bond acceptors (Lipinski definition) is 4. The number of aromatic amines is 1. The Labute approximate surface area is 141 Å². The van der Waals surface area contributed by atoms with Gasteiger partial charge in [-0.15, -0.1) is 0 Å². The molecule has 0 spiro atoms. The predicted molar refractivity (Wildman–Crippen MR) is 80.8 cm³/mol. The number of H-pyrrole nitrogens is 1. The fourth-order valence-electron chi connectivity index (χ4n) is 3.05. The molecule has 0 bridgehead atoms. The number of carbonyl (C=O) groups is 1. The number of likely N-dealkylation sites (tertiary alicyclic amines) is 1. The van der Waals surface area contributed by atoms with Crippen molar-refractivity contribution in [3.63, 3.8) is 0 Å². The zero-order valence-electron chi connectivity index (χ0n) is 13.6. The van der Waals surface area contributed by atoms with E-state index in [4.69, 9.17) is 9.52 Å². The van der Waals surface area contributed by atoms with Crippen LogP contribution in [0, 0.1) is 6.92 Å². The van der Waals surface area contributed by atoms with Gasteiger partial charge in [-0.1, -0.05) is 0 Å². The third kappa shape index (κ3) is 3.55. The van der Waals surface area contributed by atoms with Crippen molar-refractivity contribution in [1.29, 1.82) is 0 Å². The fourth-order valence-corrected chi connectivity index (χ4v) is 3.05. The lowest BCUT2D eigenvalue weighted by Crippen LogP contribution is -2.39. The number of nitrogens with zero attached hydrogens (tertiary/aromatic N) is 2. The van der Waals surface area contributed by atoms with E-state index in [2.05, 4.69) is 9.97 Å². The maximum absolute atomic E-state index is 12.7. The number of halogens is 3. The molecule has 1 unspecified atom stereocenters. The third-order valence-electron chi connectivity index (χ3n) is 4.32. The first-order valence-corrected chi connectivity index (χ1v) is 7.91. The number of piperidine rings is 1. The molecular weight excluding hydrogens is 339 g/mol. The fraction of sp³-hybridized carbons (Fsp3) is 0.500. The number of aliphatic hydroxyl groups is 1. The normalized spacial score (nSPS) is 18.6. The minimum Gasteiger partial charge on any atom is -0.453 e. The van der Waals surface area contributed by atoms with Gasteiger partial charge in [0.2, 0.25) is 0 Å². The second kappa shape index (κ2) is 6.55. The number of aliphatic hydroxyl groups excluding tert-OH is 1. The summed E-state index contributed by atoms with van der Waals surface area (Å²) in [6.45, 7) is 2.16. The Kier molecular flexibility index (Phi) is 4.59. The molecule has 3 rings (SSSR count). The van der Waals surface area contributed by atoms with Crippen LogP contribution in [-0.2, 0) is 12.8 Å². The summed E-state index contributed by atoms with van der Waals surface area (Å²) >= 11 is 0. The Morgan fingerprint density at radius 1 is 1.52 bits per heavy atom. The summed E-state index contributed by atoms with van der Waals surface area (Å²) in [6, 6.07) is 1.59. The van der Waals surface area contributed by atoms with Crippen LogP contribution in [0.4, 0.5) is 13.2 Å². The lowest BCUT2D eigenvalue weighted by molar-refractivity contribution is -0.141. The standard InChI is InChI=1S/C16H18F3N3O3/c1-9-5-11(8-23)25-13(9)15(24)22-4-2-3-10(7-22)14-20-6-12(21-14)16(17,18)19/h5-6,10,23H,2-4,7-8H2,1H3,(H,20,21). The number of aromatic nitrogens is 2. The summed E-state index contributed by atoms with van der Waals surface area (Å²) in [5.74, 6) is 0.0679. The minimum atomic E-state index is -4.47. The van der Waals surface area contributed by atoms with Crippen LogP contribution in [0.2, 0.25) is 0 Å². The molecule has 136 valence electrons. The van der Waals surface area contributed by atoms with Gasteiger partial charge in [-0.3, -0.25) is 4.79 Å². The SMILES string of the molecule is Cc1cc(CO)oc1C(=O)N1CCCC(c2ncc(C(F)(F)F)[nH]2)C1. The van der Waals surface area contributed by atoms with E-state index >= 15 is 0 Å². The van der Waals surface area contributed by atoms with Crippen LogP contribution in [0.15, 0.2) is 16.7 Å². The highest BCUT2D eigenvalue weighted by Gasteiger charge is 2.35. The molecule has 1 saturated heterocycles. The molecule has 25 heavy (non-hydrogen) atoms. The van der Waals surface area contributed by atoms with Gasteiger partial charge in [-0.25, -0.2) is 4.98 Å². The number of aryl methyl sites for hydroxylation is 1. The van der Waals surface area contributed by atoms with Gasteiger partial charge in [0.05, 0.1) is 6.20 Å². The largest absolute Gasteiger partial charge is 0.453 e. The van der Waals surface area contributed by atoms with Gasteiger partial charge in [0.25, 0.3) is 5.91 Å². The first-order valence-electron chi connectivity index (χ1n) is 7.91. The van der Waals surface area contributed by atoms with Crippen molar-refractivity contribution < 1.29 is 27.5 Å². The average Bonchev–Trinajstić information content (AvgIpc) is 3.21. The topological polar surface area (TPSA) is 82.4 Å². The Bertz CT molecular complexity index is 766. The molecular formula is C16H18F3N3O3. The smallest absolute Gasteiger partial charge is 0.432 e. The summed E-state index contributed by atoms with van der Waals surface area (Å²) in [5.41, 5.74) is -0.269. The minimum absolute atomic E-state index is 0.153. The van der Waals surface area contributed by atoms with E-state index in [1.54, 1.807) is 17.9 Å². The number of rotatable bonds is 3. The third-order valence-corrected chi connectivity index (χ3v) is 4.32. The van der Waals surface area contributed by atoms with Gasteiger partial charge in [0, 0.05) is 24.6 Å². The average molecular weight is 357 g/mol. The second-order valence-corrected chi connectivity index (χ2v) is 6.15. The molecule has 0 radical (unpaired) electrons. The molecule has 6 nitrogen and oxygen atoms in total. The maximum atomic E-state index is 12.7. The van der Waals surface area contributed by atoms with Gasteiger partial charge in [0.15, 0.2) is 5.76 Å². The molecule has 2 aromatic rings. The van der Waals surface area contributed by atoms with Gasteiger partial charge < -0.3 is 19.4 Å². The van der Waals surface area contributed by atoms with Crippen molar-refractivity contribution in [2.24, 2.45) is 0 Å². The number of carbonyl (C=O) groups excluding carboxylic acids is 1. The highest BCUT2D eigenvalue weighted by molar-refractivity contribution is 5.93. The molecule has 1 aliphatic rings. The molecule has 0 aliphatic carbocycles. The first-order chi connectivity index (χ1) is 11.8. The predicted octanol–water partition coefficient (Wildman–Crippen LogP) is 2.84. The van der Waals surface area contributed by atoms with Crippen molar-refractivity contribution in [1.82, 2.24) is 14.9 Å². The Morgan fingerprint density at radius 3 is 2.88 bits per heavy atom. The molecule has 1 atom stereocenters. The summed E-state index contributed by atoms with van der Waals surface area (Å²) in [7, 11) is 0. The lowest BCUT2D eigenvalue weighted by atomic mass is 9.97. The van der Waals surface area contributed by atoms with Crippen molar-refractivity contribution in [2.75, 3.05) is 13.1 Å². The first kappa shape index (κ1) is 17.5. The number of furan rings is 1. The zero-order chi connectivity index (χ0) is 18.2. The molecule has 1 fully saturated rings. The van der Waals surface area contributed by atoms with E-state index in [1.165, 1.54) is 0 Å². The van der Waals surface area contributed by atoms with E-state index in [-0.39, 0.29) is 36.6 Å². The van der Waals surface area contributed by atoms with Gasteiger partial charge in [-0.05, 0) is 25.8 Å². The number of hydrogen-bond donors (Lipinski definition) is 2. The Hall–Kier alpha value is -2.29. The molecule has 1 aliphatic heterocycles. The molecule has 0 aromatic carbocycles. The summed E-state index contributed by atoms with van der Waals surface area (Å²) in [5, 5.41) is 9.10. The highest BCUT2D eigenvalue weighted by Crippen LogP contribution is 2.31. The van der Waals surface area contributed by atoms with E-state index < -0.39 is 11.9 Å². The van der Waals surface area contributed by atoms with E-state index in [0.717, 1.165) is 6.20 Å². The van der Waals surface area contributed by atoms with E-state index in [1.807, 2.05) is 0 Å².